The van der Waals surface area contributed by atoms with Crippen molar-refractivity contribution in [3.8, 4) is 0 Å². The minimum absolute atomic E-state index is 0.342. The lowest BCUT2D eigenvalue weighted by molar-refractivity contribution is 0.0696. The van der Waals surface area contributed by atoms with Crippen LogP contribution in [0.4, 0.5) is 0 Å². The van der Waals surface area contributed by atoms with Gasteiger partial charge in [0.15, 0.2) is 5.16 Å². The second kappa shape index (κ2) is 4.63. The average molecular weight is 248 g/mol. The van der Waals surface area contributed by atoms with Crippen LogP contribution in [0.3, 0.4) is 0 Å². The Hall–Kier alpha value is -1.75. The number of carboxylic acids is 1. The molecule has 0 unspecified atom stereocenters. The molecule has 0 aliphatic rings. The number of nitrogens with zero attached hydrogens (tertiary/aromatic N) is 2. The number of aromatic nitrogens is 2. The summed E-state index contributed by atoms with van der Waals surface area (Å²) >= 11 is 1.51. The van der Waals surface area contributed by atoms with Crippen LogP contribution >= 0.6 is 11.8 Å². The minimum Gasteiger partial charge on any atom is -0.478 e. The van der Waals surface area contributed by atoms with E-state index < -0.39 is 5.97 Å². The fourth-order valence-electron chi connectivity index (χ4n) is 1.50. The Balaban J connectivity index is 2.27. The van der Waals surface area contributed by atoms with Crippen molar-refractivity contribution in [3.05, 3.63) is 41.7 Å². The van der Waals surface area contributed by atoms with Gasteiger partial charge < -0.3 is 9.67 Å². The Kier molecular flexibility index (Phi) is 3.19. The first-order valence-electron chi connectivity index (χ1n) is 5.07. The molecule has 0 bridgehead atoms. The normalized spacial score (nSPS) is 10.5. The summed E-state index contributed by atoms with van der Waals surface area (Å²) in [5.41, 5.74) is 1.10. The predicted molar refractivity (Wildman–Crippen MR) is 65.5 cm³/mol. The maximum Gasteiger partial charge on any atom is 0.335 e. The number of imidazole rings is 1. The van der Waals surface area contributed by atoms with Crippen molar-refractivity contribution >= 4 is 17.7 Å². The van der Waals surface area contributed by atoms with Gasteiger partial charge in [0.1, 0.15) is 0 Å². The number of aryl methyl sites for hydroxylation is 2. The van der Waals surface area contributed by atoms with Crippen molar-refractivity contribution in [1.82, 2.24) is 9.55 Å². The highest BCUT2D eigenvalue weighted by Crippen LogP contribution is 2.27. The van der Waals surface area contributed by atoms with Crippen LogP contribution in [0.5, 0.6) is 0 Å². The fourth-order valence-corrected chi connectivity index (χ4v) is 2.40. The highest BCUT2D eigenvalue weighted by molar-refractivity contribution is 7.99. The van der Waals surface area contributed by atoms with E-state index in [1.165, 1.54) is 11.8 Å². The van der Waals surface area contributed by atoms with Crippen LogP contribution < -0.4 is 0 Å². The third-order valence-corrected chi connectivity index (χ3v) is 3.48. The molecule has 0 amide bonds. The number of rotatable bonds is 3. The summed E-state index contributed by atoms with van der Waals surface area (Å²) in [5, 5.41) is 9.82. The second-order valence-electron chi connectivity index (χ2n) is 3.70. The maximum absolute atomic E-state index is 10.9. The van der Waals surface area contributed by atoms with E-state index in [4.69, 9.17) is 5.11 Å². The van der Waals surface area contributed by atoms with Gasteiger partial charge in [0.25, 0.3) is 0 Å². The Morgan fingerprint density at radius 1 is 1.47 bits per heavy atom. The van der Waals surface area contributed by atoms with E-state index >= 15 is 0 Å². The molecule has 1 aromatic carbocycles. The van der Waals surface area contributed by atoms with Crippen molar-refractivity contribution in [2.45, 2.75) is 17.0 Å². The van der Waals surface area contributed by atoms with Crippen molar-refractivity contribution in [1.29, 1.82) is 0 Å². The lowest BCUT2D eigenvalue weighted by atomic mass is 10.1. The van der Waals surface area contributed by atoms with E-state index in [9.17, 15) is 4.79 Å². The van der Waals surface area contributed by atoms with E-state index in [1.807, 2.05) is 23.9 Å². The molecule has 4 nitrogen and oxygen atoms in total. The summed E-state index contributed by atoms with van der Waals surface area (Å²) in [6.07, 6.45) is 3.61. The lowest BCUT2D eigenvalue weighted by Gasteiger charge is -2.05. The van der Waals surface area contributed by atoms with Gasteiger partial charge >= 0.3 is 5.97 Å². The molecule has 0 aliphatic carbocycles. The number of carboxylic acid groups (broad SMARTS) is 1. The van der Waals surface area contributed by atoms with Gasteiger partial charge in [0.05, 0.1) is 5.56 Å². The monoisotopic (exact) mass is 248 g/mol. The minimum atomic E-state index is -0.893. The van der Waals surface area contributed by atoms with E-state index in [0.717, 1.165) is 15.6 Å². The molecule has 1 aromatic heterocycles. The molecule has 1 heterocycles. The summed E-state index contributed by atoms with van der Waals surface area (Å²) < 4.78 is 1.92. The standard InChI is InChI=1S/C12H12N2O2S/c1-8-7-9(3-4-10(8)11(15)16)17-12-13-5-6-14(12)2/h3-7H,1-2H3,(H,15,16). The molecule has 0 atom stereocenters. The smallest absolute Gasteiger partial charge is 0.335 e. The largest absolute Gasteiger partial charge is 0.478 e. The summed E-state index contributed by atoms with van der Waals surface area (Å²) in [7, 11) is 1.92. The highest BCUT2D eigenvalue weighted by Gasteiger charge is 2.09. The summed E-state index contributed by atoms with van der Waals surface area (Å²) in [5.74, 6) is -0.893. The first-order valence-corrected chi connectivity index (χ1v) is 5.88. The third kappa shape index (κ3) is 2.50. The van der Waals surface area contributed by atoms with E-state index in [-0.39, 0.29) is 0 Å². The first-order chi connectivity index (χ1) is 8.08. The zero-order chi connectivity index (χ0) is 12.4. The van der Waals surface area contributed by atoms with Crippen molar-refractivity contribution in [3.63, 3.8) is 0 Å². The van der Waals surface area contributed by atoms with Crippen LogP contribution in [0.25, 0.3) is 0 Å². The predicted octanol–water partition coefficient (Wildman–Crippen LogP) is 2.58. The Morgan fingerprint density at radius 3 is 2.76 bits per heavy atom. The average Bonchev–Trinajstić information content (AvgIpc) is 2.64. The molecule has 0 aliphatic heterocycles. The number of carbonyl (C=O) groups is 1. The number of aromatic carboxylic acids is 1. The van der Waals surface area contributed by atoms with E-state index in [2.05, 4.69) is 4.98 Å². The van der Waals surface area contributed by atoms with Crippen molar-refractivity contribution in [2.24, 2.45) is 7.05 Å². The van der Waals surface area contributed by atoms with Crippen LogP contribution in [-0.4, -0.2) is 20.6 Å². The van der Waals surface area contributed by atoms with Gasteiger partial charge in [-0.2, -0.15) is 0 Å². The summed E-state index contributed by atoms with van der Waals surface area (Å²) in [4.78, 5) is 16.1. The molecule has 2 rings (SSSR count). The van der Waals surface area contributed by atoms with Gasteiger partial charge in [0.2, 0.25) is 0 Å². The van der Waals surface area contributed by atoms with Gasteiger partial charge in [-0.15, -0.1) is 0 Å². The van der Waals surface area contributed by atoms with Gasteiger partial charge in [-0.25, -0.2) is 9.78 Å². The number of benzene rings is 1. The molecule has 88 valence electrons. The van der Waals surface area contributed by atoms with Crippen molar-refractivity contribution in [2.75, 3.05) is 0 Å². The Morgan fingerprint density at radius 2 is 2.24 bits per heavy atom. The zero-order valence-electron chi connectivity index (χ0n) is 9.54. The first kappa shape index (κ1) is 11.7. The summed E-state index contributed by atoms with van der Waals surface area (Å²) in [6.45, 7) is 1.80. The second-order valence-corrected chi connectivity index (χ2v) is 4.75. The van der Waals surface area contributed by atoms with Crippen LogP contribution in [0.15, 0.2) is 40.6 Å². The molecule has 0 radical (unpaired) electrons. The molecular weight excluding hydrogens is 236 g/mol. The Labute approximate surface area is 103 Å². The van der Waals surface area contributed by atoms with Crippen LogP contribution in [0.2, 0.25) is 0 Å². The fraction of sp³-hybridized carbons (Fsp3) is 0.167. The number of hydrogen-bond acceptors (Lipinski definition) is 3. The molecule has 5 heteroatoms. The lowest BCUT2D eigenvalue weighted by Crippen LogP contribution is -1.99. The van der Waals surface area contributed by atoms with Crippen molar-refractivity contribution < 1.29 is 9.90 Å². The van der Waals surface area contributed by atoms with E-state index in [1.54, 1.807) is 25.3 Å². The SMILES string of the molecule is Cc1cc(Sc2nccn2C)ccc1C(=O)O. The molecule has 0 fully saturated rings. The van der Waals surface area contributed by atoms with Gasteiger partial charge in [0, 0.05) is 24.3 Å². The van der Waals surface area contributed by atoms with Crippen LogP contribution in [0.1, 0.15) is 15.9 Å². The topological polar surface area (TPSA) is 55.1 Å². The van der Waals surface area contributed by atoms with E-state index in [0.29, 0.717) is 5.56 Å². The molecular formula is C12H12N2O2S. The molecule has 1 N–H and O–H groups in total. The van der Waals surface area contributed by atoms with Crippen LogP contribution in [-0.2, 0) is 7.05 Å². The third-order valence-electron chi connectivity index (χ3n) is 2.41. The Bertz CT molecular complexity index is 563. The zero-order valence-corrected chi connectivity index (χ0v) is 10.4. The number of hydrogen-bond donors (Lipinski definition) is 1. The molecule has 0 saturated carbocycles. The maximum atomic E-state index is 10.9. The van der Waals surface area contributed by atoms with Gasteiger partial charge in [-0.05, 0) is 30.7 Å². The quantitative estimate of drug-likeness (QED) is 0.907. The van der Waals surface area contributed by atoms with Gasteiger partial charge in [-0.1, -0.05) is 11.8 Å². The van der Waals surface area contributed by atoms with Crippen LogP contribution in [0, 0.1) is 6.92 Å². The molecule has 0 saturated heterocycles. The molecule has 17 heavy (non-hydrogen) atoms. The molecule has 0 spiro atoms. The van der Waals surface area contributed by atoms with Gasteiger partial charge in [-0.3, -0.25) is 0 Å². The highest BCUT2D eigenvalue weighted by atomic mass is 32.2. The molecule has 2 aromatic rings. The summed E-state index contributed by atoms with van der Waals surface area (Å²) in [6, 6.07) is 5.29.